The molecule has 0 saturated carbocycles. The Morgan fingerprint density at radius 1 is 1.23 bits per heavy atom. The number of nitrogens with zero attached hydrogens (tertiary/aromatic N) is 4. The van der Waals surface area contributed by atoms with Gasteiger partial charge in [-0.1, -0.05) is 11.8 Å². The van der Waals surface area contributed by atoms with Crippen LogP contribution in [0, 0.1) is 11.3 Å². The minimum Gasteiger partial charge on any atom is -0.493 e. The molecule has 9 heteroatoms. The van der Waals surface area contributed by atoms with E-state index in [1.807, 2.05) is 29.6 Å². The maximum atomic E-state index is 8.86. The number of aromatic nitrogens is 3. The number of benzene rings is 1. The van der Waals surface area contributed by atoms with Gasteiger partial charge in [-0.2, -0.15) is 5.26 Å². The third-order valence-electron chi connectivity index (χ3n) is 3.45. The number of anilines is 1. The number of nitrogen functional groups attached to an aromatic ring is 1. The van der Waals surface area contributed by atoms with Gasteiger partial charge >= 0.3 is 0 Å². The van der Waals surface area contributed by atoms with Gasteiger partial charge in [0, 0.05) is 16.7 Å². The topological polar surface area (TPSA) is 107 Å². The Morgan fingerprint density at radius 3 is 2.73 bits per heavy atom. The Bertz CT molecular complexity index is 968. The predicted molar refractivity (Wildman–Crippen MR) is 101 cm³/mol. The molecule has 2 N–H and O–H groups in total. The van der Waals surface area contributed by atoms with Crippen LogP contribution in [0.15, 0.2) is 34.9 Å². The normalized spacial score (nSPS) is 10.3. The monoisotopic (exact) mass is 385 g/mol. The number of hydrogen-bond acceptors (Lipinski definition) is 9. The van der Waals surface area contributed by atoms with Gasteiger partial charge in [-0.15, -0.1) is 11.3 Å². The molecule has 26 heavy (non-hydrogen) atoms. The van der Waals surface area contributed by atoms with Crippen LogP contribution < -0.4 is 15.2 Å². The molecular weight excluding hydrogens is 370 g/mol. The molecule has 0 radical (unpaired) electrons. The lowest BCUT2D eigenvalue weighted by Crippen LogP contribution is -1.98. The molecule has 1 aromatic carbocycles. The molecular formula is C17H15N5O2S2. The quantitative estimate of drug-likeness (QED) is 0.508. The van der Waals surface area contributed by atoms with Crippen molar-refractivity contribution in [3.8, 4) is 28.1 Å². The average Bonchev–Trinajstić information content (AvgIpc) is 3.15. The van der Waals surface area contributed by atoms with Gasteiger partial charge in [0.1, 0.15) is 22.5 Å². The van der Waals surface area contributed by atoms with E-state index in [1.165, 1.54) is 18.0 Å². The summed E-state index contributed by atoms with van der Waals surface area (Å²) < 4.78 is 10.6. The van der Waals surface area contributed by atoms with Gasteiger partial charge in [0.25, 0.3) is 0 Å². The van der Waals surface area contributed by atoms with Crippen LogP contribution >= 0.6 is 23.1 Å². The first-order valence-electron chi connectivity index (χ1n) is 7.46. The fourth-order valence-corrected chi connectivity index (χ4v) is 3.78. The van der Waals surface area contributed by atoms with Crippen LogP contribution in [-0.2, 0) is 5.75 Å². The van der Waals surface area contributed by atoms with Crippen molar-refractivity contribution in [2.24, 2.45) is 0 Å². The van der Waals surface area contributed by atoms with Crippen LogP contribution in [-0.4, -0.2) is 29.2 Å². The molecule has 0 saturated heterocycles. The minimum atomic E-state index is 0.189. The fraction of sp³-hybridized carbons (Fsp3) is 0.176. The molecule has 0 unspecified atom stereocenters. The van der Waals surface area contributed by atoms with Gasteiger partial charge in [0.2, 0.25) is 0 Å². The number of hydrogen-bond donors (Lipinski definition) is 1. The number of rotatable bonds is 6. The van der Waals surface area contributed by atoms with Crippen molar-refractivity contribution < 1.29 is 9.47 Å². The zero-order valence-corrected chi connectivity index (χ0v) is 15.7. The van der Waals surface area contributed by atoms with Gasteiger partial charge in [0.15, 0.2) is 16.7 Å². The van der Waals surface area contributed by atoms with E-state index in [0.29, 0.717) is 22.4 Å². The molecule has 3 aromatic rings. The Morgan fingerprint density at radius 2 is 2.04 bits per heavy atom. The van der Waals surface area contributed by atoms with Gasteiger partial charge in [0.05, 0.1) is 26.1 Å². The van der Waals surface area contributed by atoms with Crippen molar-refractivity contribution >= 4 is 28.9 Å². The van der Waals surface area contributed by atoms with E-state index in [1.54, 1.807) is 25.6 Å². The largest absolute Gasteiger partial charge is 0.493 e. The van der Waals surface area contributed by atoms with Crippen LogP contribution in [0.4, 0.5) is 5.82 Å². The maximum absolute atomic E-state index is 8.86. The highest BCUT2D eigenvalue weighted by atomic mass is 32.2. The van der Waals surface area contributed by atoms with Crippen molar-refractivity contribution in [3.63, 3.8) is 0 Å². The van der Waals surface area contributed by atoms with Crippen LogP contribution in [0.2, 0.25) is 0 Å². The van der Waals surface area contributed by atoms with E-state index in [4.69, 9.17) is 20.5 Å². The zero-order chi connectivity index (χ0) is 18.5. The van der Waals surface area contributed by atoms with Crippen molar-refractivity contribution in [1.29, 1.82) is 5.26 Å². The molecule has 2 aromatic heterocycles. The molecule has 0 atom stereocenters. The van der Waals surface area contributed by atoms with Gasteiger partial charge in [-0.25, -0.2) is 15.0 Å². The minimum absolute atomic E-state index is 0.189. The van der Waals surface area contributed by atoms with Crippen molar-refractivity contribution in [3.05, 3.63) is 41.0 Å². The van der Waals surface area contributed by atoms with Crippen molar-refractivity contribution in [2.45, 2.75) is 10.9 Å². The van der Waals surface area contributed by atoms with Crippen LogP contribution in [0.1, 0.15) is 11.3 Å². The van der Waals surface area contributed by atoms with Crippen LogP contribution in [0.5, 0.6) is 11.5 Å². The van der Waals surface area contributed by atoms with E-state index in [-0.39, 0.29) is 11.4 Å². The Labute approximate surface area is 158 Å². The van der Waals surface area contributed by atoms with E-state index < -0.39 is 0 Å². The average molecular weight is 385 g/mol. The smallest absolute Gasteiger partial charge is 0.189 e. The first-order chi connectivity index (χ1) is 12.6. The SMILES string of the molecule is COc1ccc(-c2nc(CSc3ncc(C#N)c(N)n3)cs2)cc1OC. The summed E-state index contributed by atoms with van der Waals surface area (Å²) in [6.45, 7) is 0. The number of thiazole rings is 1. The number of nitriles is 1. The summed E-state index contributed by atoms with van der Waals surface area (Å²) >= 11 is 2.97. The Balaban J connectivity index is 1.72. The molecule has 3 rings (SSSR count). The highest BCUT2D eigenvalue weighted by molar-refractivity contribution is 7.98. The number of nitrogens with two attached hydrogens (primary N) is 1. The number of methoxy groups -OCH3 is 2. The summed E-state index contributed by atoms with van der Waals surface area (Å²) in [6.07, 6.45) is 1.43. The third-order valence-corrected chi connectivity index (χ3v) is 5.28. The summed E-state index contributed by atoms with van der Waals surface area (Å²) in [4.78, 5) is 12.9. The molecule has 0 bridgehead atoms. The van der Waals surface area contributed by atoms with Crippen LogP contribution in [0.25, 0.3) is 10.6 Å². The molecule has 0 aliphatic carbocycles. The molecule has 0 aliphatic rings. The van der Waals surface area contributed by atoms with E-state index in [9.17, 15) is 0 Å². The standard InChI is InChI=1S/C17H15N5O2S2/c1-23-13-4-3-10(5-14(13)24-2)16-21-12(8-25-16)9-26-17-20-7-11(6-18)15(19)22-17/h3-5,7-8H,9H2,1-2H3,(H2,19,20,22). The molecule has 0 aliphatic heterocycles. The molecule has 2 heterocycles. The van der Waals surface area contributed by atoms with E-state index in [0.717, 1.165) is 16.3 Å². The first-order valence-corrected chi connectivity index (χ1v) is 9.33. The zero-order valence-electron chi connectivity index (χ0n) is 14.1. The Kier molecular flexibility index (Phi) is 5.55. The molecule has 132 valence electrons. The lowest BCUT2D eigenvalue weighted by atomic mass is 10.2. The first kappa shape index (κ1) is 18.0. The predicted octanol–water partition coefficient (Wildman–Crippen LogP) is 3.36. The van der Waals surface area contributed by atoms with Crippen LogP contribution in [0.3, 0.4) is 0 Å². The van der Waals surface area contributed by atoms with E-state index in [2.05, 4.69) is 15.0 Å². The second-order valence-corrected chi connectivity index (χ2v) is 6.87. The third kappa shape index (κ3) is 3.87. The van der Waals surface area contributed by atoms with Crippen molar-refractivity contribution in [2.75, 3.05) is 20.0 Å². The number of thioether (sulfide) groups is 1. The molecule has 0 fully saturated rings. The lowest BCUT2D eigenvalue weighted by molar-refractivity contribution is 0.355. The van der Waals surface area contributed by atoms with Crippen molar-refractivity contribution in [1.82, 2.24) is 15.0 Å². The number of ether oxygens (including phenoxy) is 2. The second kappa shape index (κ2) is 8.03. The summed E-state index contributed by atoms with van der Waals surface area (Å²) in [5.74, 6) is 2.14. The summed E-state index contributed by atoms with van der Waals surface area (Å²) in [7, 11) is 3.21. The highest BCUT2D eigenvalue weighted by Gasteiger charge is 2.11. The summed E-state index contributed by atoms with van der Waals surface area (Å²) in [5, 5.41) is 12.3. The fourth-order valence-electron chi connectivity index (χ4n) is 2.15. The van der Waals surface area contributed by atoms with Gasteiger partial charge < -0.3 is 15.2 Å². The highest BCUT2D eigenvalue weighted by Crippen LogP contribution is 2.34. The van der Waals surface area contributed by atoms with Gasteiger partial charge in [-0.05, 0) is 18.2 Å². The van der Waals surface area contributed by atoms with Gasteiger partial charge in [-0.3, -0.25) is 0 Å². The maximum Gasteiger partial charge on any atom is 0.189 e. The molecule has 7 nitrogen and oxygen atoms in total. The lowest BCUT2D eigenvalue weighted by Gasteiger charge is -2.08. The molecule has 0 spiro atoms. The van der Waals surface area contributed by atoms with E-state index >= 15 is 0 Å². The Hall–Kier alpha value is -2.83. The summed E-state index contributed by atoms with van der Waals surface area (Å²) in [5.41, 5.74) is 7.86. The summed E-state index contributed by atoms with van der Waals surface area (Å²) in [6, 6.07) is 7.65. The molecule has 0 amide bonds. The second-order valence-electron chi connectivity index (χ2n) is 5.07.